The molecule has 12 nitrogen and oxygen atoms in total. The van der Waals surface area contributed by atoms with Crippen LogP contribution >= 0.6 is 0 Å². The van der Waals surface area contributed by atoms with Crippen LogP contribution in [-0.2, 0) is 34.9 Å². The van der Waals surface area contributed by atoms with Crippen molar-refractivity contribution in [3.63, 3.8) is 0 Å². The van der Waals surface area contributed by atoms with Gasteiger partial charge in [-0.3, -0.25) is 4.79 Å². The molecule has 0 aliphatic rings. The number of carbonyl (C=O) groups is 4. The maximum Gasteiger partial charge on any atom is 0.514 e. The highest BCUT2D eigenvalue weighted by Gasteiger charge is 2.27. The van der Waals surface area contributed by atoms with E-state index in [4.69, 9.17) is 38.9 Å². The summed E-state index contributed by atoms with van der Waals surface area (Å²) in [5.41, 5.74) is 4.97. The molecule has 0 heterocycles. The van der Waals surface area contributed by atoms with E-state index in [0.29, 0.717) is 18.4 Å². The molecule has 12 heteroatoms. The predicted molar refractivity (Wildman–Crippen MR) is 153 cm³/mol. The first-order valence-corrected chi connectivity index (χ1v) is 14.3. The minimum Gasteiger partial charge on any atom is -0.458 e. The number of ether oxygens (including phenoxy) is 7. The molecule has 0 bridgehead atoms. The van der Waals surface area contributed by atoms with Crippen LogP contribution in [0.25, 0.3) is 0 Å². The Morgan fingerprint density at radius 3 is 1.93 bits per heavy atom. The lowest BCUT2D eigenvalue weighted by molar-refractivity contribution is -0.152. The number of benzene rings is 1. The van der Waals surface area contributed by atoms with E-state index in [2.05, 4.69) is 0 Å². The molecule has 42 heavy (non-hydrogen) atoms. The van der Waals surface area contributed by atoms with Crippen LogP contribution in [0, 0.1) is 0 Å². The van der Waals surface area contributed by atoms with Crippen LogP contribution in [0.3, 0.4) is 0 Å². The minimum absolute atomic E-state index is 0.00860. The fraction of sp³-hybridized carbons (Fsp3) is 0.667. The fourth-order valence-corrected chi connectivity index (χ4v) is 3.05. The average Bonchev–Trinajstić information content (AvgIpc) is 2.90. The van der Waals surface area contributed by atoms with Crippen LogP contribution in [-0.4, -0.2) is 61.0 Å². The van der Waals surface area contributed by atoms with E-state index in [9.17, 15) is 19.2 Å². The Morgan fingerprint density at radius 2 is 1.38 bits per heavy atom. The standard InChI is InChI=1S/C30H47NO11/c1-9-12-13-16-36-26(33)37-19-20(4)38-25(32)22(31)17-21-14-15-23(39-27(34)41-29(5,6)10-2)24(18-21)40-28(35)42-30(7,8)11-3/h14-15,18,20,22H,9-13,16-17,19,31H2,1-8H3/t20-,22-/m0/s1. The second-order valence-corrected chi connectivity index (χ2v) is 11.1. The van der Waals surface area contributed by atoms with Gasteiger partial charge in [0.2, 0.25) is 0 Å². The molecule has 0 radical (unpaired) electrons. The van der Waals surface area contributed by atoms with Crippen LogP contribution in [0.15, 0.2) is 18.2 Å². The summed E-state index contributed by atoms with van der Waals surface area (Å²) in [4.78, 5) is 49.1. The van der Waals surface area contributed by atoms with Crippen molar-refractivity contribution in [2.45, 2.75) is 117 Å². The number of esters is 1. The maximum atomic E-state index is 12.6. The van der Waals surface area contributed by atoms with E-state index in [-0.39, 0.29) is 31.1 Å². The number of hydrogen-bond donors (Lipinski definition) is 1. The number of nitrogens with two attached hydrogens (primary N) is 1. The van der Waals surface area contributed by atoms with Gasteiger partial charge in [-0.15, -0.1) is 0 Å². The smallest absolute Gasteiger partial charge is 0.458 e. The minimum atomic E-state index is -1.10. The van der Waals surface area contributed by atoms with E-state index >= 15 is 0 Å². The quantitative estimate of drug-likeness (QED) is 0.0990. The maximum absolute atomic E-state index is 12.6. The third kappa shape index (κ3) is 14.4. The van der Waals surface area contributed by atoms with E-state index in [1.54, 1.807) is 40.7 Å². The van der Waals surface area contributed by atoms with Crippen LogP contribution in [0.1, 0.15) is 93.1 Å². The van der Waals surface area contributed by atoms with Gasteiger partial charge < -0.3 is 38.9 Å². The van der Waals surface area contributed by atoms with Crippen LogP contribution in [0.5, 0.6) is 11.5 Å². The molecule has 0 aliphatic heterocycles. The number of hydrogen-bond acceptors (Lipinski definition) is 12. The molecule has 2 N–H and O–H groups in total. The summed E-state index contributed by atoms with van der Waals surface area (Å²) in [6, 6.07) is 3.25. The van der Waals surface area contributed by atoms with Gasteiger partial charge in [0.25, 0.3) is 0 Å². The summed E-state index contributed by atoms with van der Waals surface area (Å²) < 4.78 is 36.6. The second kappa shape index (κ2) is 17.4. The summed E-state index contributed by atoms with van der Waals surface area (Å²) in [5.74, 6) is -0.958. The van der Waals surface area contributed by atoms with E-state index in [1.807, 2.05) is 20.8 Å². The Morgan fingerprint density at radius 1 is 0.810 bits per heavy atom. The molecule has 2 atom stereocenters. The molecule has 0 fully saturated rings. The van der Waals surface area contributed by atoms with Crippen LogP contribution in [0.4, 0.5) is 14.4 Å². The molecular weight excluding hydrogens is 550 g/mol. The Hall–Kier alpha value is -3.54. The fourth-order valence-electron chi connectivity index (χ4n) is 3.05. The van der Waals surface area contributed by atoms with Gasteiger partial charge in [0.1, 0.15) is 30.0 Å². The first-order valence-electron chi connectivity index (χ1n) is 14.3. The summed E-state index contributed by atoms with van der Waals surface area (Å²) >= 11 is 0. The van der Waals surface area contributed by atoms with Crippen molar-refractivity contribution in [2.24, 2.45) is 5.73 Å². The normalized spacial score (nSPS) is 12.9. The largest absolute Gasteiger partial charge is 0.514 e. The highest BCUT2D eigenvalue weighted by atomic mass is 16.8. The lowest BCUT2D eigenvalue weighted by Gasteiger charge is -2.24. The molecule has 0 spiro atoms. The van der Waals surface area contributed by atoms with Crippen molar-refractivity contribution in [3.8, 4) is 11.5 Å². The van der Waals surface area contributed by atoms with Crippen LogP contribution < -0.4 is 15.2 Å². The van der Waals surface area contributed by atoms with Crippen molar-refractivity contribution < 1.29 is 52.3 Å². The van der Waals surface area contributed by atoms with Crippen molar-refractivity contribution >= 4 is 24.4 Å². The topological polar surface area (TPSA) is 159 Å². The van der Waals surface area contributed by atoms with E-state index in [1.165, 1.54) is 12.1 Å². The zero-order valence-electron chi connectivity index (χ0n) is 26.1. The Balaban J connectivity index is 2.90. The molecule has 1 aromatic carbocycles. The highest BCUT2D eigenvalue weighted by Crippen LogP contribution is 2.31. The predicted octanol–water partition coefficient (Wildman–Crippen LogP) is 6.24. The Kier molecular flexibility index (Phi) is 15.1. The third-order valence-electron chi connectivity index (χ3n) is 6.30. The molecule has 0 aromatic heterocycles. The molecule has 238 valence electrons. The van der Waals surface area contributed by atoms with Crippen molar-refractivity contribution in [2.75, 3.05) is 13.2 Å². The van der Waals surface area contributed by atoms with Gasteiger partial charge in [-0.1, -0.05) is 39.7 Å². The number of unbranched alkanes of at least 4 members (excludes halogenated alkanes) is 2. The van der Waals surface area contributed by atoms with Crippen molar-refractivity contribution in [1.29, 1.82) is 0 Å². The summed E-state index contributed by atoms with van der Waals surface area (Å²) in [5, 5.41) is 0. The molecular formula is C30H47NO11. The van der Waals surface area contributed by atoms with Gasteiger partial charge in [0.15, 0.2) is 11.5 Å². The summed E-state index contributed by atoms with van der Waals surface area (Å²) in [6.07, 6.45) is 0.148. The monoisotopic (exact) mass is 597 g/mol. The van der Waals surface area contributed by atoms with Gasteiger partial charge in [-0.25, -0.2) is 14.4 Å². The lowest BCUT2D eigenvalue weighted by Crippen LogP contribution is -2.37. The molecule has 0 unspecified atom stereocenters. The van der Waals surface area contributed by atoms with E-state index in [0.717, 1.165) is 19.3 Å². The first kappa shape index (κ1) is 36.5. The molecule has 0 amide bonds. The Labute approximate surface area is 248 Å². The molecule has 1 aromatic rings. The number of carbonyl (C=O) groups excluding carboxylic acids is 4. The first-order chi connectivity index (χ1) is 19.6. The van der Waals surface area contributed by atoms with Gasteiger partial charge in [-0.2, -0.15) is 0 Å². The second-order valence-electron chi connectivity index (χ2n) is 11.1. The summed E-state index contributed by atoms with van der Waals surface area (Å²) in [6.45, 7) is 14.3. The van der Waals surface area contributed by atoms with Gasteiger partial charge in [0.05, 0.1) is 6.61 Å². The average molecular weight is 598 g/mol. The van der Waals surface area contributed by atoms with Gasteiger partial charge >= 0.3 is 24.4 Å². The zero-order chi connectivity index (χ0) is 31.9. The number of rotatable bonds is 16. The molecule has 0 saturated heterocycles. The van der Waals surface area contributed by atoms with Crippen molar-refractivity contribution in [3.05, 3.63) is 23.8 Å². The summed E-state index contributed by atoms with van der Waals surface area (Å²) in [7, 11) is 0. The highest BCUT2D eigenvalue weighted by molar-refractivity contribution is 5.76. The van der Waals surface area contributed by atoms with Crippen LogP contribution in [0.2, 0.25) is 0 Å². The Bertz CT molecular complexity index is 1040. The zero-order valence-corrected chi connectivity index (χ0v) is 26.1. The molecule has 0 saturated carbocycles. The van der Waals surface area contributed by atoms with Crippen molar-refractivity contribution in [1.82, 2.24) is 0 Å². The molecule has 1 rings (SSSR count). The SMILES string of the molecule is CCCCCOC(=O)OC[C@H](C)OC(=O)[C@@H](N)Cc1ccc(OC(=O)OC(C)(C)CC)c(OC(=O)OC(C)(C)CC)c1. The molecule has 0 aliphatic carbocycles. The third-order valence-corrected chi connectivity index (χ3v) is 6.30. The van der Waals surface area contributed by atoms with Gasteiger partial charge in [-0.05, 0) is 78.0 Å². The lowest BCUT2D eigenvalue weighted by atomic mass is 10.1. The van der Waals surface area contributed by atoms with Gasteiger partial charge in [0, 0.05) is 0 Å². The van der Waals surface area contributed by atoms with E-state index < -0.39 is 47.8 Å².